The lowest BCUT2D eigenvalue weighted by Gasteiger charge is -2.26. The summed E-state index contributed by atoms with van der Waals surface area (Å²) < 4.78 is 0. The van der Waals surface area contributed by atoms with E-state index >= 15 is 0 Å². The van der Waals surface area contributed by atoms with Gasteiger partial charge in [-0.25, -0.2) is 0 Å². The lowest BCUT2D eigenvalue weighted by molar-refractivity contribution is -0.131. The van der Waals surface area contributed by atoms with Gasteiger partial charge in [-0.3, -0.25) is 9.69 Å². The van der Waals surface area contributed by atoms with Crippen molar-refractivity contribution in [3.05, 3.63) is 35.4 Å². The zero-order valence-electron chi connectivity index (χ0n) is 14.0. The first-order valence-corrected chi connectivity index (χ1v) is 9.07. The van der Waals surface area contributed by atoms with Crippen molar-refractivity contribution < 1.29 is 4.79 Å². The Hall–Kier alpha value is -1.39. The SMILES string of the molecule is NC(Cc1ccc(CN2CCCCC2)cc1)C(=O)N1CCCC1. The second-order valence-corrected chi connectivity index (χ2v) is 7.00. The zero-order chi connectivity index (χ0) is 16.1. The maximum atomic E-state index is 12.3. The van der Waals surface area contributed by atoms with E-state index in [9.17, 15) is 4.79 Å². The topological polar surface area (TPSA) is 49.6 Å². The van der Waals surface area contributed by atoms with Crippen molar-refractivity contribution in [3.8, 4) is 0 Å². The van der Waals surface area contributed by atoms with Crippen molar-refractivity contribution in [1.29, 1.82) is 0 Å². The number of nitrogens with zero attached hydrogens (tertiary/aromatic N) is 2. The van der Waals surface area contributed by atoms with Crippen LogP contribution in [0.4, 0.5) is 0 Å². The van der Waals surface area contributed by atoms with Crippen LogP contribution in [0.3, 0.4) is 0 Å². The van der Waals surface area contributed by atoms with E-state index in [1.165, 1.54) is 37.9 Å². The monoisotopic (exact) mass is 315 g/mol. The summed E-state index contributed by atoms with van der Waals surface area (Å²) in [6, 6.07) is 8.25. The fraction of sp³-hybridized carbons (Fsp3) is 0.632. The summed E-state index contributed by atoms with van der Waals surface area (Å²) in [6.45, 7) is 5.23. The maximum absolute atomic E-state index is 12.3. The summed E-state index contributed by atoms with van der Waals surface area (Å²) in [5, 5.41) is 0. The van der Waals surface area contributed by atoms with Gasteiger partial charge in [-0.05, 0) is 56.3 Å². The van der Waals surface area contributed by atoms with Gasteiger partial charge >= 0.3 is 0 Å². The summed E-state index contributed by atoms with van der Waals surface area (Å²) >= 11 is 0. The number of amides is 1. The maximum Gasteiger partial charge on any atom is 0.239 e. The number of carbonyl (C=O) groups excluding carboxylic acids is 1. The molecule has 1 amide bonds. The minimum atomic E-state index is -0.402. The third kappa shape index (κ3) is 4.55. The van der Waals surface area contributed by atoms with Crippen molar-refractivity contribution in [2.75, 3.05) is 26.2 Å². The first-order chi connectivity index (χ1) is 11.2. The molecule has 4 heteroatoms. The van der Waals surface area contributed by atoms with E-state index < -0.39 is 6.04 Å². The molecule has 1 unspecified atom stereocenters. The first kappa shape index (κ1) is 16.5. The molecule has 0 bridgehead atoms. The molecule has 2 aliphatic heterocycles. The van der Waals surface area contributed by atoms with Crippen LogP contribution in [-0.2, 0) is 17.8 Å². The van der Waals surface area contributed by atoms with E-state index in [0.29, 0.717) is 6.42 Å². The summed E-state index contributed by atoms with van der Waals surface area (Å²) in [7, 11) is 0. The molecule has 1 aromatic rings. The predicted molar refractivity (Wildman–Crippen MR) is 93.1 cm³/mol. The number of benzene rings is 1. The van der Waals surface area contributed by atoms with Crippen molar-refractivity contribution in [2.24, 2.45) is 5.73 Å². The molecule has 2 heterocycles. The highest BCUT2D eigenvalue weighted by molar-refractivity contribution is 5.82. The van der Waals surface area contributed by atoms with Gasteiger partial charge in [-0.1, -0.05) is 30.7 Å². The van der Waals surface area contributed by atoms with Crippen LogP contribution in [0, 0.1) is 0 Å². The number of piperidine rings is 1. The molecular formula is C19H29N3O. The van der Waals surface area contributed by atoms with Gasteiger partial charge in [0.05, 0.1) is 6.04 Å². The number of carbonyl (C=O) groups is 1. The number of hydrogen-bond acceptors (Lipinski definition) is 3. The smallest absolute Gasteiger partial charge is 0.239 e. The van der Waals surface area contributed by atoms with Crippen LogP contribution in [0.15, 0.2) is 24.3 Å². The Bertz CT molecular complexity index is 502. The Balaban J connectivity index is 1.51. The second kappa shape index (κ2) is 7.93. The van der Waals surface area contributed by atoms with Gasteiger partial charge in [0.25, 0.3) is 0 Å². The lowest BCUT2D eigenvalue weighted by Crippen LogP contribution is -2.43. The van der Waals surface area contributed by atoms with Crippen LogP contribution >= 0.6 is 0 Å². The van der Waals surface area contributed by atoms with Gasteiger partial charge in [-0.15, -0.1) is 0 Å². The van der Waals surface area contributed by atoms with Gasteiger partial charge in [0.1, 0.15) is 0 Å². The highest BCUT2D eigenvalue weighted by atomic mass is 16.2. The van der Waals surface area contributed by atoms with E-state index in [1.54, 1.807) is 0 Å². The van der Waals surface area contributed by atoms with Crippen LogP contribution in [-0.4, -0.2) is 47.9 Å². The average Bonchev–Trinajstić information content (AvgIpc) is 3.11. The zero-order valence-corrected chi connectivity index (χ0v) is 14.0. The van der Waals surface area contributed by atoms with E-state index in [-0.39, 0.29) is 5.91 Å². The fourth-order valence-corrected chi connectivity index (χ4v) is 3.67. The van der Waals surface area contributed by atoms with Gasteiger partial charge in [0, 0.05) is 19.6 Å². The van der Waals surface area contributed by atoms with Crippen molar-refractivity contribution in [3.63, 3.8) is 0 Å². The molecule has 3 rings (SSSR count). The van der Waals surface area contributed by atoms with Gasteiger partial charge in [-0.2, -0.15) is 0 Å². The van der Waals surface area contributed by atoms with Crippen LogP contribution in [0.1, 0.15) is 43.2 Å². The number of likely N-dealkylation sites (tertiary alicyclic amines) is 2. The molecule has 4 nitrogen and oxygen atoms in total. The third-order valence-corrected chi connectivity index (χ3v) is 5.07. The predicted octanol–water partition coefficient (Wildman–Crippen LogP) is 2.16. The van der Waals surface area contributed by atoms with E-state index in [1.807, 2.05) is 4.90 Å². The molecule has 126 valence electrons. The number of hydrogen-bond donors (Lipinski definition) is 1. The summed E-state index contributed by atoms with van der Waals surface area (Å²) in [5.41, 5.74) is 8.63. The largest absolute Gasteiger partial charge is 0.341 e. The Labute approximate surface area is 139 Å². The third-order valence-electron chi connectivity index (χ3n) is 5.07. The van der Waals surface area contributed by atoms with Crippen molar-refractivity contribution in [2.45, 2.75) is 51.1 Å². The minimum Gasteiger partial charge on any atom is -0.341 e. The molecule has 0 saturated carbocycles. The average molecular weight is 315 g/mol. The van der Waals surface area contributed by atoms with E-state index in [2.05, 4.69) is 29.2 Å². The second-order valence-electron chi connectivity index (χ2n) is 7.00. The number of nitrogens with two attached hydrogens (primary N) is 1. The molecule has 0 aromatic heterocycles. The summed E-state index contributed by atoms with van der Waals surface area (Å²) in [6.07, 6.45) is 6.89. The Morgan fingerprint density at radius 2 is 1.48 bits per heavy atom. The molecule has 1 atom stereocenters. The molecule has 2 N–H and O–H groups in total. The molecule has 2 fully saturated rings. The van der Waals surface area contributed by atoms with Crippen LogP contribution in [0.5, 0.6) is 0 Å². The molecular weight excluding hydrogens is 286 g/mol. The molecule has 1 aromatic carbocycles. The van der Waals surface area contributed by atoms with E-state index in [0.717, 1.165) is 38.0 Å². The van der Waals surface area contributed by atoms with Crippen molar-refractivity contribution >= 4 is 5.91 Å². The fourth-order valence-electron chi connectivity index (χ4n) is 3.67. The summed E-state index contributed by atoms with van der Waals surface area (Å²) in [5.74, 6) is 0.111. The molecule has 2 aliphatic rings. The molecule has 0 aliphatic carbocycles. The Morgan fingerprint density at radius 3 is 2.13 bits per heavy atom. The van der Waals surface area contributed by atoms with Crippen LogP contribution in [0.25, 0.3) is 0 Å². The van der Waals surface area contributed by atoms with Gasteiger partial charge in [0.15, 0.2) is 0 Å². The Kier molecular flexibility index (Phi) is 5.68. The van der Waals surface area contributed by atoms with Crippen LogP contribution in [0.2, 0.25) is 0 Å². The molecule has 23 heavy (non-hydrogen) atoms. The van der Waals surface area contributed by atoms with E-state index in [4.69, 9.17) is 5.73 Å². The number of rotatable bonds is 5. The Morgan fingerprint density at radius 1 is 0.913 bits per heavy atom. The molecule has 2 saturated heterocycles. The highest BCUT2D eigenvalue weighted by Crippen LogP contribution is 2.15. The lowest BCUT2D eigenvalue weighted by atomic mass is 10.0. The highest BCUT2D eigenvalue weighted by Gasteiger charge is 2.23. The quantitative estimate of drug-likeness (QED) is 0.906. The van der Waals surface area contributed by atoms with Gasteiger partial charge in [0.2, 0.25) is 5.91 Å². The normalized spacial score (nSPS) is 20.7. The first-order valence-electron chi connectivity index (χ1n) is 9.07. The minimum absolute atomic E-state index is 0.111. The van der Waals surface area contributed by atoms with Gasteiger partial charge < -0.3 is 10.6 Å². The summed E-state index contributed by atoms with van der Waals surface area (Å²) in [4.78, 5) is 16.7. The molecule has 0 spiro atoms. The van der Waals surface area contributed by atoms with Crippen molar-refractivity contribution in [1.82, 2.24) is 9.80 Å². The molecule has 0 radical (unpaired) electrons. The van der Waals surface area contributed by atoms with Crippen LogP contribution < -0.4 is 5.73 Å². The standard InChI is InChI=1S/C19H29N3O/c20-18(19(23)22-12-4-5-13-22)14-16-6-8-17(9-7-16)15-21-10-2-1-3-11-21/h6-9,18H,1-5,10-15,20H2.